The van der Waals surface area contributed by atoms with Gasteiger partial charge >= 0.3 is 0 Å². The number of amides is 1. The van der Waals surface area contributed by atoms with Crippen molar-refractivity contribution in [2.75, 3.05) is 31.6 Å². The molecule has 0 aliphatic carbocycles. The minimum Gasteiger partial charge on any atom is -0.395 e. The summed E-state index contributed by atoms with van der Waals surface area (Å²) < 4.78 is 26.3. The van der Waals surface area contributed by atoms with Gasteiger partial charge in [-0.3, -0.25) is 9.69 Å². The molecule has 1 aromatic rings. The van der Waals surface area contributed by atoms with Crippen LogP contribution in [-0.4, -0.2) is 58.4 Å². The maximum Gasteiger partial charge on any atom is 0.251 e. The standard InChI is InChI=1S/C12H20F2N4O2/c1-9(2)18-11(3-4-15-18)16-12(20)8-17(5-6-19)7-10(13)14/h3-4,9-10,19H,5-8H2,1-2H3,(H,16,20). The van der Waals surface area contributed by atoms with Gasteiger partial charge in [0, 0.05) is 18.7 Å². The number of anilines is 1. The number of rotatable bonds is 8. The van der Waals surface area contributed by atoms with Crippen molar-refractivity contribution in [3.05, 3.63) is 12.3 Å². The highest BCUT2D eigenvalue weighted by atomic mass is 19.3. The Hall–Kier alpha value is -1.54. The molecule has 0 saturated heterocycles. The van der Waals surface area contributed by atoms with Gasteiger partial charge in [-0.2, -0.15) is 5.10 Å². The SMILES string of the molecule is CC(C)n1nccc1NC(=O)CN(CCO)CC(F)F. The van der Waals surface area contributed by atoms with E-state index in [2.05, 4.69) is 10.4 Å². The molecule has 0 atom stereocenters. The summed E-state index contributed by atoms with van der Waals surface area (Å²) in [7, 11) is 0. The summed E-state index contributed by atoms with van der Waals surface area (Å²) in [5.74, 6) is 0.104. The topological polar surface area (TPSA) is 70.4 Å². The fourth-order valence-electron chi connectivity index (χ4n) is 1.78. The minimum absolute atomic E-state index is 0.0290. The molecule has 0 unspecified atom stereocenters. The second-order valence-electron chi connectivity index (χ2n) is 4.65. The molecule has 1 aromatic heterocycles. The van der Waals surface area contributed by atoms with Gasteiger partial charge < -0.3 is 10.4 Å². The van der Waals surface area contributed by atoms with E-state index in [1.165, 1.54) is 4.90 Å². The normalized spacial score (nSPS) is 11.6. The van der Waals surface area contributed by atoms with Crippen LogP contribution < -0.4 is 5.32 Å². The Bertz CT molecular complexity index is 423. The molecule has 6 nitrogen and oxygen atoms in total. The van der Waals surface area contributed by atoms with Crippen LogP contribution in [0.4, 0.5) is 14.6 Å². The van der Waals surface area contributed by atoms with Gasteiger partial charge in [-0.05, 0) is 13.8 Å². The van der Waals surface area contributed by atoms with Crippen molar-refractivity contribution < 1.29 is 18.7 Å². The number of aromatic nitrogens is 2. The zero-order valence-corrected chi connectivity index (χ0v) is 11.6. The molecule has 1 rings (SSSR count). The summed E-state index contributed by atoms with van der Waals surface area (Å²) in [5, 5.41) is 15.5. The van der Waals surface area contributed by atoms with Gasteiger partial charge in [-0.15, -0.1) is 0 Å². The van der Waals surface area contributed by atoms with Crippen LogP contribution in [0.25, 0.3) is 0 Å². The molecule has 0 radical (unpaired) electrons. The summed E-state index contributed by atoms with van der Waals surface area (Å²) in [4.78, 5) is 13.0. The smallest absolute Gasteiger partial charge is 0.251 e. The van der Waals surface area contributed by atoms with Crippen molar-refractivity contribution in [3.63, 3.8) is 0 Å². The van der Waals surface area contributed by atoms with Gasteiger partial charge in [-0.1, -0.05) is 0 Å². The number of aliphatic hydroxyl groups is 1. The number of carbonyl (C=O) groups excluding carboxylic acids is 1. The van der Waals surface area contributed by atoms with Crippen molar-refractivity contribution in [2.45, 2.75) is 26.3 Å². The highest BCUT2D eigenvalue weighted by molar-refractivity contribution is 5.91. The van der Waals surface area contributed by atoms with Crippen molar-refractivity contribution in [1.29, 1.82) is 0 Å². The molecule has 114 valence electrons. The van der Waals surface area contributed by atoms with E-state index in [4.69, 9.17) is 5.11 Å². The molecule has 0 spiro atoms. The van der Waals surface area contributed by atoms with E-state index in [9.17, 15) is 13.6 Å². The van der Waals surface area contributed by atoms with Crippen LogP contribution in [0.2, 0.25) is 0 Å². The lowest BCUT2D eigenvalue weighted by atomic mass is 10.4. The monoisotopic (exact) mass is 290 g/mol. The lowest BCUT2D eigenvalue weighted by molar-refractivity contribution is -0.117. The van der Waals surface area contributed by atoms with Crippen LogP contribution >= 0.6 is 0 Å². The fraction of sp³-hybridized carbons (Fsp3) is 0.667. The average molecular weight is 290 g/mol. The number of halogens is 2. The first kappa shape index (κ1) is 16.5. The van der Waals surface area contributed by atoms with Crippen LogP contribution in [0.5, 0.6) is 0 Å². The summed E-state index contributed by atoms with van der Waals surface area (Å²) in [5.41, 5.74) is 0. The number of nitrogens with one attached hydrogen (secondary N) is 1. The van der Waals surface area contributed by atoms with Gasteiger partial charge in [-0.25, -0.2) is 13.5 Å². The molecule has 0 saturated carbocycles. The highest BCUT2D eigenvalue weighted by Gasteiger charge is 2.16. The molecule has 1 amide bonds. The molecule has 8 heteroatoms. The molecular weight excluding hydrogens is 270 g/mol. The average Bonchev–Trinajstić information content (AvgIpc) is 2.76. The largest absolute Gasteiger partial charge is 0.395 e. The maximum absolute atomic E-state index is 12.3. The van der Waals surface area contributed by atoms with Crippen molar-refractivity contribution >= 4 is 11.7 Å². The van der Waals surface area contributed by atoms with Gasteiger partial charge in [0.05, 0.1) is 25.9 Å². The van der Waals surface area contributed by atoms with Crippen LogP contribution in [0.1, 0.15) is 19.9 Å². The van der Waals surface area contributed by atoms with E-state index < -0.39 is 18.9 Å². The Morgan fingerprint density at radius 2 is 2.25 bits per heavy atom. The Morgan fingerprint density at radius 1 is 1.55 bits per heavy atom. The summed E-state index contributed by atoms with van der Waals surface area (Å²) in [6, 6.07) is 1.72. The number of hydrogen-bond acceptors (Lipinski definition) is 4. The van der Waals surface area contributed by atoms with Crippen LogP contribution in [0.3, 0.4) is 0 Å². The van der Waals surface area contributed by atoms with E-state index in [1.807, 2.05) is 13.8 Å². The first-order chi connectivity index (χ1) is 9.43. The third kappa shape index (κ3) is 5.22. The zero-order chi connectivity index (χ0) is 15.1. The lowest BCUT2D eigenvalue weighted by Gasteiger charge is -2.20. The molecule has 0 bridgehead atoms. The Balaban J connectivity index is 2.58. The fourth-order valence-corrected chi connectivity index (χ4v) is 1.78. The Kier molecular flexibility index (Phi) is 6.53. The molecule has 1 heterocycles. The number of aliphatic hydroxyl groups excluding tert-OH is 1. The molecule has 0 aromatic carbocycles. The number of nitrogens with zero attached hydrogens (tertiary/aromatic N) is 3. The first-order valence-corrected chi connectivity index (χ1v) is 6.38. The van der Waals surface area contributed by atoms with Gasteiger partial charge in [0.2, 0.25) is 5.91 Å². The molecule has 0 aliphatic rings. The number of carbonyl (C=O) groups is 1. The minimum atomic E-state index is -2.55. The van der Waals surface area contributed by atoms with E-state index in [-0.39, 0.29) is 25.7 Å². The zero-order valence-electron chi connectivity index (χ0n) is 11.6. The Morgan fingerprint density at radius 3 is 2.80 bits per heavy atom. The molecule has 0 fully saturated rings. The van der Waals surface area contributed by atoms with Crippen molar-refractivity contribution in [3.8, 4) is 0 Å². The number of alkyl halides is 2. The third-order valence-corrected chi connectivity index (χ3v) is 2.61. The highest BCUT2D eigenvalue weighted by Crippen LogP contribution is 2.12. The third-order valence-electron chi connectivity index (χ3n) is 2.61. The van der Waals surface area contributed by atoms with Crippen molar-refractivity contribution in [1.82, 2.24) is 14.7 Å². The van der Waals surface area contributed by atoms with Gasteiger partial charge in [0.1, 0.15) is 5.82 Å². The van der Waals surface area contributed by atoms with Gasteiger partial charge in [0.15, 0.2) is 0 Å². The lowest BCUT2D eigenvalue weighted by Crippen LogP contribution is -2.38. The number of hydrogen-bond donors (Lipinski definition) is 2. The first-order valence-electron chi connectivity index (χ1n) is 6.38. The predicted octanol–water partition coefficient (Wildman–Crippen LogP) is 0.962. The van der Waals surface area contributed by atoms with Gasteiger partial charge in [0.25, 0.3) is 6.43 Å². The predicted molar refractivity (Wildman–Crippen MR) is 70.8 cm³/mol. The van der Waals surface area contributed by atoms with E-state index >= 15 is 0 Å². The van der Waals surface area contributed by atoms with Crippen LogP contribution in [0.15, 0.2) is 12.3 Å². The van der Waals surface area contributed by atoms with E-state index in [0.717, 1.165) is 0 Å². The summed E-state index contributed by atoms with van der Waals surface area (Å²) in [6.07, 6.45) is -0.990. The molecule has 20 heavy (non-hydrogen) atoms. The quantitative estimate of drug-likeness (QED) is 0.748. The second-order valence-corrected chi connectivity index (χ2v) is 4.65. The Labute approximate surface area is 116 Å². The molecule has 0 aliphatic heterocycles. The second kappa shape index (κ2) is 7.91. The molecule has 2 N–H and O–H groups in total. The van der Waals surface area contributed by atoms with E-state index in [0.29, 0.717) is 5.82 Å². The molecular formula is C12H20F2N4O2. The summed E-state index contributed by atoms with van der Waals surface area (Å²) >= 11 is 0. The van der Waals surface area contributed by atoms with Crippen LogP contribution in [-0.2, 0) is 4.79 Å². The summed E-state index contributed by atoms with van der Waals surface area (Å²) in [6.45, 7) is 2.84. The van der Waals surface area contributed by atoms with E-state index in [1.54, 1.807) is 16.9 Å². The van der Waals surface area contributed by atoms with Crippen LogP contribution in [0, 0.1) is 0 Å². The maximum atomic E-state index is 12.3. The van der Waals surface area contributed by atoms with Crippen molar-refractivity contribution in [2.24, 2.45) is 0 Å².